The second kappa shape index (κ2) is 6.98. The van der Waals surface area contributed by atoms with Crippen molar-refractivity contribution in [2.45, 2.75) is 25.3 Å². The molecule has 1 aliphatic rings. The third-order valence-corrected chi connectivity index (χ3v) is 5.66. The van der Waals surface area contributed by atoms with Crippen molar-refractivity contribution in [2.24, 2.45) is 0 Å². The predicted octanol–water partition coefficient (Wildman–Crippen LogP) is 5.27. The smallest absolute Gasteiger partial charge is 0.251 e. The Bertz CT molecular complexity index is 900. The zero-order chi connectivity index (χ0) is 17.2. The van der Waals surface area contributed by atoms with Crippen LogP contribution in [0.5, 0.6) is 0 Å². The van der Waals surface area contributed by atoms with Crippen LogP contribution in [0.15, 0.2) is 53.9 Å². The molecular formula is C20H17ClN2OS. The van der Waals surface area contributed by atoms with Crippen molar-refractivity contribution in [1.29, 1.82) is 0 Å². The van der Waals surface area contributed by atoms with Crippen LogP contribution >= 0.6 is 22.9 Å². The summed E-state index contributed by atoms with van der Waals surface area (Å²) in [6, 6.07) is 15.1. The maximum atomic E-state index is 12.3. The van der Waals surface area contributed by atoms with E-state index in [1.54, 1.807) is 11.3 Å². The number of nitrogens with one attached hydrogen (secondary N) is 1. The van der Waals surface area contributed by atoms with Crippen LogP contribution in [0.2, 0.25) is 5.02 Å². The predicted molar refractivity (Wildman–Crippen MR) is 102 cm³/mol. The highest BCUT2D eigenvalue weighted by molar-refractivity contribution is 7.10. The summed E-state index contributed by atoms with van der Waals surface area (Å²) in [4.78, 5) is 17.0. The molecule has 1 N–H and O–H groups in total. The van der Waals surface area contributed by atoms with Crippen molar-refractivity contribution in [3.8, 4) is 11.3 Å². The van der Waals surface area contributed by atoms with Gasteiger partial charge in [-0.15, -0.1) is 11.3 Å². The van der Waals surface area contributed by atoms with E-state index < -0.39 is 0 Å². The molecule has 3 aromatic rings. The van der Waals surface area contributed by atoms with E-state index in [2.05, 4.69) is 10.7 Å². The van der Waals surface area contributed by atoms with Crippen molar-refractivity contribution in [1.82, 2.24) is 10.3 Å². The Balaban J connectivity index is 1.42. The number of amides is 1. The third-order valence-electron chi connectivity index (χ3n) is 4.29. The molecule has 0 aliphatic heterocycles. The second-order valence-corrected chi connectivity index (χ2v) is 7.49. The summed E-state index contributed by atoms with van der Waals surface area (Å²) in [7, 11) is 0. The number of carbonyl (C=O) groups excluding carboxylic acids is 1. The van der Waals surface area contributed by atoms with Crippen LogP contribution in [-0.4, -0.2) is 10.9 Å². The van der Waals surface area contributed by atoms with Crippen LogP contribution in [0.25, 0.3) is 11.3 Å². The first kappa shape index (κ1) is 16.3. The van der Waals surface area contributed by atoms with E-state index in [9.17, 15) is 4.79 Å². The summed E-state index contributed by atoms with van der Waals surface area (Å²) in [5.41, 5.74) is 3.58. The first-order valence-corrected chi connectivity index (χ1v) is 9.54. The number of halogens is 1. The second-order valence-electron chi connectivity index (χ2n) is 6.20. The van der Waals surface area contributed by atoms with E-state index in [0.29, 0.717) is 23.0 Å². The zero-order valence-electron chi connectivity index (χ0n) is 13.5. The summed E-state index contributed by atoms with van der Waals surface area (Å²) in [5, 5.41) is 6.90. The average molecular weight is 369 g/mol. The lowest BCUT2D eigenvalue weighted by atomic mass is 10.1. The average Bonchev–Trinajstić information content (AvgIpc) is 3.38. The normalized spacial score (nSPS) is 13.6. The molecule has 1 aromatic heterocycles. The SMILES string of the molecule is O=C(NCc1ccccc1Cl)c1ccc(-c2csc(C3CC3)n2)cc1. The number of carbonyl (C=O) groups is 1. The largest absolute Gasteiger partial charge is 0.348 e. The lowest BCUT2D eigenvalue weighted by molar-refractivity contribution is 0.0951. The molecule has 1 aliphatic carbocycles. The maximum Gasteiger partial charge on any atom is 0.251 e. The Morgan fingerprint density at radius 3 is 2.64 bits per heavy atom. The van der Waals surface area contributed by atoms with Gasteiger partial charge in [-0.25, -0.2) is 4.98 Å². The van der Waals surface area contributed by atoms with Crippen LogP contribution in [0, 0.1) is 0 Å². The Hall–Kier alpha value is -2.17. The first-order valence-electron chi connectivity index (χ1n) is 8.28. The molecule has 0 unspecified atom stereocenters. The summed E-state index contributed by atoms with van der Waals surface area (Å²) < 4.78 is 0. The molecule has 25 heavy (non-hydrogen) atoms. The Kier molecular flexibility index (Phi) is 4.55. The minimum Gasteiger partial charge on any atom is -0.348 e. The highest BCUT2D eigenvalue weighted by Gasteiger charge is 2.26. The molecule has 1 saturated carbocycles. The summed E-state index contributed by atoms with van der Waals surface area (Å²) in [6.07, 6.45) is 2.52. The van der Waals surface area contributed by atoms with Gasteiger partial charge in [0.25, 0.3) is 5.91 Å². The van der Waals surface area contributed by atoms with E-state index in [-0.39, 0.29) is 5.91 Å². The quantitative estimate of drug-likeness (QED) is 0.666. The molecule has 5 heteroatoms. The van der Waals surface area contributed by atoms with Crippen LogP contribution in [0.3, 0.4) is 0 Å². The van der Waals surface area contributed by atoms with Crippen molar-refractivity contribution in [3.05, 3.63) is 75.1 Å². The fourth-order valence-electron chi connectivity index (χ4n) is 2.65. The molecule has 2 aromatic carbocycles. The van der Waals surface area contributed by atoms with E-state index in [1.165, 1.54) is 17.8 Å². The topological polar surface area (TPSA) is 42.0 Å². The van der Waals surface area contributed by atoms with E-state index in [0.717, 1.165) is 16.8 Å². The van der Waals surface area contributed by atoms with Gasteiger partial charge in [0.2, 0.25) is 0 Å². The fraction of sp³-hybridized carbons (Fsp3) is 0.200. The molecule has 126 valence electrons. The van der Waals surface area contributed by atoms with Gasteiger partial charge in [-0.05, 0) is 36.6 Å². The summed E-state index contributed by atoms with van der Waals surface area (Å²) in [5.74, 6) is 0.567. The number of benzene rings is 2. The van der Waals surface area contributed by atoms with Crippen molar-refractivity contribution in [3.63, 3.8) is 0 Å². The van der Waals surface area contributed by atoms with E-state index in [4.69, 9.17) is 16.6 Å². The third kappa shape index (κ3) is 3.75. The summed E-state index contributed by atoms with van der Waals surface area (Å²) >= 11 is 7.84. The molecule has 0 spiro atoms. The molecule has 0 saturated heterocycles. The van der Waals surface area contributed by atoms with Gasteiger partial charge < -0.3 is 5.32 Å². The minimum absolute atomic E-state index is 0.108. The molecule has 1 amide bonds. The molecule has 0 atom stereocenters. The number of nitrogens with zero attached hydrogens (tertiary/aromatic N) is 1. The maximum absolute atomic E-state index is 12.3. The Labute approximate surface area is 155 Å². The number of rotatable bonds is 5. The van der Waals surface area contributed by atoms with Gasteiger partial charge in [0.05, 0.1) is 10.7 Å². The van der Waals surface area contributed by atoms with Gasteiger partial charge in [0.1, 0.15) is 0 Å². The van der Waals surface area contributed by atoms with Crippen LogP contribution in [-0.2, 0) is 6.54 Å². The van der Waals surface area contributed by atoms with Gasteiger partial charge in [-0.2, -0.15) is 0 Å². The van der Waals surface area contributed by atoms with Gasteiger partial charge in [0, 0.05) is 34.0 Å². The van der Waals surface area contributed by atoms with Crippen molar-refractivity contribution < 1.29 is 4.79 Å². The minimum atomic E-state index is -0.108. The molecule has 0 radical (unpaired) electrons. The molecule has 0 bridgehead atoms. The molecule has 3 nitrogen and oxygen atoms in total. The van der Waals surface area contributed by atoms with Gasteiger partial charge >= 0.3 is 0 Å². The van der Waals surface area contributed by atoms with Crippen LogP contribution in [0.4, 0.5) is 0 Å². The number of hydrogen-bond donors (Lipinski definition) is 1. The van der Waals surface area contributed by atoms with E-state index >= 15 is 0 Å². The highest BCUT2D eigenvalue weighted by atomic mass is 35.5. The zero-order valence-corrected chi connectivity index (χ0v) is 15.1. The lowest BCUT2D eigenvalue weighted by Gasteiger charge is -2.07. The highest BCUT2D eigenvalue weighted by Crippen LogP contribution is 2.42. The first-order chi connectivity index (χ1) is 12.2. The number of hydrogen-bond acceptors (Lipinski definition) is 3. The van der Waals surface area contributed by atoms with Crippen LogP contribution in [0.1, 0.15) is 39.7 Å². The van der Waals surface area contributed by atoms with E-state index in [1.807, 2.05) is 48.5 Å². The van der Waals surface area contributed by atoms with Gasteiger partial charge in [0.15, 0.2) is 0 Å². The number of aromatic nitrogens is 1. The van der Waals surface area contributed by atoms with Crippen molar-refractivity contribution in [2.75, 3.05) is 0 Å². The monoisotopic (exact) mass is 368 g/mol. The number of thiazole rings is 1. The summed E-state index contributed by atoms with van der Waals surface area (Å²) in [6.45, 7) is 0.414. The molecule has 4 rings (SSSR count). The standard InChI is InChI=1S/C20H17ClN2OS/c21-17-4-2-1-3-16(17)11-22-19(24)14-7-5-13(6-8-14)18-12-25-20(23-18)15-9-10-15/h1-8,12,15H,9-11H2,(H,22,24). The van der Waals surface area contributed by atoms with Gasteiger partial charge in [-0.3, -0.25) is 4.79 Å². The lowest BCUT2D eigenvalue weighted by Crippen LogP contribution is -2.22. The van der Waals surface area contributed by atoms with Crippen LogP contribution < -0.4 is 5.32 Å². The fourth-order valence-corrected chi connectivity index (χ4v) is 3.85. The van der Waals surface area contributed by atoms with Crippen molar-refractivity contribution >= 4 is 28.8 Å². The molecule has 1 fully saturated rings. The molecular weight excluding hydrogens is 352 g/mol. The Morgan fingerprint density at radius 1 is 1.16 bits per heavy atom. The Morgan fingerprint density at radius 2 is 1.92 bits per heavy atom. The molecule has 1 heterocycles. The van der Waals surface area contributed by atoms with Gasteiger partial charge in [-0.1, -0.05) is 41.9 Å².